The topological polar surface area (TPSA) is 60.2 Å². The van der Waals surface area contributed by atoms with E-state index in [1.165, 1.54) is 5.56 Å². The summed E-state index contributed by atoms with van der Waals surface area (Å²) in [5, 5.41) is 0. The van der Waals surface area contributed by atoms with Crippen molar-refractivity contribution in [2.24, 2.45) is 5.84 Å². The van der Waals surface area contributed by atoms with Crippen molar-refractivity contribution in [3.63, 3.8) is 0 Å². The van der Waals surface area contributed by atoms with E-state index in [1.54, 1.807) is 13.3 Å². The number of nitrogens with zero attached hydrogens (tertiary/aromatic N) is 1. The Kier molecular flexibility index (Phi) is 4.28. The lowest BCUT2D eigenvalue weighted by atomic mass is 10.0. The predicted molar refractivity (Wildman–Crippen MR) is 71.0 cm³/mol. The molecule has 0 radical (unpaired) electrons. The molecule has 0 spiro atoms. The SMILES string of the molecule is COc1cccc(CC(NN)c2cccnc2)c1. The second-order valence-electron chi connectivity index (χ2n) is 4.06. The van der Waals surface area contributed by atoms with Crippen LogP contribution in [0.4, 0.5) is 0 Å². The summed E-state index contributed by atoms with van der Waals surface area (Å²) in [4.78, 5) is 4.11. The van der Waals surface area contributed by atoms with Crippen LogP contribution >= 0.6 is 0 Å². The summed E-state index contributed by atoms with van der Waals surface area (Å²) >= 11 is 0. The predicted octanol–water partition coefficient (Wildman–Crippen LogP) is 1.84. The number of aromatic nitrogens is 1. The van der Waals surface area contributed by atoms with Gasteiger partial charge in [-0.3, -0.25) is 16.3 Å². The first-order chi connectivity index (χ1) is 8.83. The molecule has 0 amide bonds. The average molecular weight is 243 g/mol. The first-order valence-corrected chi connectivity index (χ1v) is 5.82. The van der Waals surface area contributed by atoms with Crippen molar-refractivity contribution in [2.45, 2.75) is 12.5 Å². The van der Waals surface area contributed by atoms with E-state index in [-0.39, 0.29) is 6.04 Å². The van der Waals surface area contributed by atoms with Gasteiger partial charge in [0.25, 0.3) is 0 Å². The van der Waals surface area contributed by atoms with Gasteiger partial charge in [0.1, 0.15) is 5.75 Å². The van der Waals surface area contributed by atoms with Crippen LogP contribution in [0.2, 0.25) is 0 Å². The number of hydrogen-bond donors (Lipinski definition) is 2. The second kappa shape index (κ2) is 6.14. The van der Waals surface area contributed by atoms with Gasteiger partial charge in [0.05, 0.1) is 13.2 Å². The fourth-order valence-corrected chi connectivity index (χ4v) is 1.89. The van der Waals surface area contributed by atoms with Gasteiger partial charge in [0.2, 0.25) is 0 Å². The number of benzene rings is 1. The van der Waals surface area contributed by atoms with Crippen LogP contribution in [0.5, 0.6) is 5.75 Å². The highest BCUT2D eigenvalue weighted by molar-refractivity contribution is 5.30. The number of hydrogen-bond acceptors (Lipinski definition) is 4. The zero-order valence-electron chi connectivity index (χ0n) is 10.3. The number of nitrogens with one attached hydrogen (secondary N) is 1. The van der Waals surface area contributed by atoms with Crippen LogP contribution in [-0.4, -0.2) is 12.1 Å². The van der Waals surface area contributed by atoms with Gasteiger partial charge in [-0.1, -0.05) is 18.2 Å². The van der Waals surface area contributed by atoms with Crippen LogP contribution in [-0.2, 0) is 6.42 Å². The smallest absolute Gasteiger partial charge is 0.119 e. The van der Waals surface area contributed by atoms with Gasteiger partial charge in [-0.25, -0.2) is 0 Å². The normalized spacial score (nSPS) is 12.1. The lowest BCUT2D eigenvalue weighted by molar-refractivity contribution is 0.414. The molecule has 0 aliphatic heterocycles. The maximum Gasteiger partial charge on any atom is 0.119 e. The number of ether oxygens (including phenoxy) is 1. The highest BCUT2D eigenvalue weighted by atomic mass is 16.5. The Hall–Kier alpha value is -1.91. The second-order valence-corrected chi connectivity index (χ2v) is 4.06. The third kappa shape index (κ3) is 3.06. The van der Waals surface area contributed by atoms with Crippen molar-refractivity contribution in [1.29, 1.82) is 0 Å². The van der Waals surface area contributed by atoms with Crippen molar-refractivity contribution in [2.75, 3.05) is 7.11 Å². The van der Waals surface area contributed by atoms with E-state index in [4.69, 9.17) is 10.6 Å². The summed E-state index contributed by atoms with van der Waals surface area (Å²) in [6, 6.07) is 11.9. The van der Waals surface area contributed by atoms with Crippen LogP contribution in [0.25, 0.3) is 0 Å². The molecular weight excluding hydrogens is 226 g/mol. The molecular formula is C14H17N3O. The average Bonchev–Trinajstić information content (AvgIpc) is 2.46. The molecule has 2 aromatic rings. The fourth-order valence-electron chi connectivity index (χ4n) is 1.89. The highest BCUT2D eigenvalue weighted by Gasteiger charge is 2.10. The summed E-state index contributed by atoms with van der Waals surface area (Å²) in [5.74, 6) is 6.47. The van der Waals surface area contributed by atoms with Crippen LogP contribution < -0.4 is 16.0 Å². The maximum atomic E-state index is 5.61. The summed E-state index contributed by atoms with van der Waals surface area (Å²) in [6.07, 6.45) is 4.37. The molecule has 1 unspecified atom stereocenters. The molecule has 1 aromatic carbocycles. The standard InChI is InChI=1S/C14H17N3O/c1-18-13-6-2-4-11(8-13)9-14(17-15)12-5-3-7-16-10-12/h2-8,10,14,17H,9,15H2,1H3. The molecule has 18 heavy (non-hydrogen) atoms. The first kappa shape index (κ1) is 12.5. The van der Waals surface area contributed by atoms with E-state index in [9.17, 15) is 0 Å². The molecule has 4 heteroatoms. The van der Waals surface area contributed by atoms with Crippen molar-refractivity contribution < 1.29 is 4.74 Å². The zero-order valence-corrected chi connectivity index (χ0v) is 10.3. The first-order valence-electron chi connectivity index (χ1n) is 5.82. The molecule has 94 valence electrons. The number of rotatable bonds is 5. The van der Waals surface area contributed by atoms with Gasteiger partial charge in [-0.15, -0.1) is 0 Å². The van der Waals surface area contributed by atoms with Crippen LogP contribution in [0.1, 0.15) is 17.2 Å². The molecule has 0 bridgehead atoms. The maximum absolute atomic E-state index is 5.61. The Morgan fingerprint density at radius 3 is 2.89 bits per heavy atom. The van der Waals surface area contributed by atoms with Crippen LogP contribution in [0.3, 0.4) is 0 Å². The van der Waals surface area contributed by atoms with Gasteiger partial charge in [-0.2, -0.15) is 0 Å². The molecule has 0 saturated carbocycles. The van der Waals surface area contributed by atoms with Gasteiger partial charge >= 0.3 is 0 Å². The molecule has 1 atom stereocenters. The van der Waals surface area contributed by atoms with Gasteiger partial charge in [0.15, 0.2) is 0 Å². The Morgan fingerprint density at radius 2 is 2.22 bits per heavy atom. The van der Waals surface area contributed by atoms with Crippen LogP contribution in [0.15, 0.2) is 48.8 Å². The number of hydrazine groups is 1. The molecule has 2 rings (SSSR count). The molecule has 3 N–H and O–H groups in total. The molecule has 1 heterocycles. The Labute approximate surface area is 107 Å². The minimum atomic E-state index is 0.0470. The summed E-state index contributed by atoms with van der Waals surface area (Å²) in [6.45, 7) is 0. The van der Waals surface area contributed by atoms with Gasteiger partial charge < -0.3 is 4.74 Å². The van der Waals surface area contributed by atoms with E-state index in [2.05, 4.69) is 16.5 Å². The van der Waals surface area contributed by atoms with E-state index in [1.807, 2.05) is 36.5 Å². The van der Waals surface area contributed by atoms with Crippen LogP contribution in [0, 0.1) is 0 Å². The van der Waals surface area contributed by atoms with E-state index in [0.717, 1.165) is 17.7 Å². The quantitative estimate of drug-likeness (QED) is 0.621. The van der Waals surface area contributed by atoms with Crippen molar-refractivity contribution in [1.82, 2.24) is 10.4 Å². The summed E-state index contributed by atoms with van der Waals surface area (Å²) < 4.78 is 5.21. The van der Waals surface area contributed by atoms with Gasteiger partial charge in [0, 0.05) is 12.4 Å². The number of methoxy groups -OCH3 is 1. The zero-order chi connectivity index (χ0) is 12.8. The lowest BCUT2D eigenvalue weighted by Crippen LogP contribution is -2.29. The molecule has 4 nitrogen and oxygen atoms in total. The Bertz CT molecular complexity index is 487. The molecule has 0 aliphatic carbocycles. The molecule has 1 aromatic heterocycles. The lowest BCUT2D eigenvalue weighted by Gasteiger charge is -2.16. The van der Waals surface area contributed by atoms with E-state index >= 15 is 0 Å². The third-order valence-corrected chi connectivity index (χ3v) is 2.86. The largest absolute Gasteiger partial charge is 0.497 e. The number of nitrogens with two attached hydrogens (primary N) is 1. The van der Waals surface area contributed by atoms with Crippen molar-refractivity contribution in [3.05, 3.63) is 59.9 Å². The van der Waals surface area contributed by atoms with Crippen molar-refractivity contribution in [3.8, 4) is 5.75 Å². The summed E-state index contributed by atoms with van der Waals surface area (Å²) in [7, 11) is 1.67. The monoisotopic (exact) mass is 243 g/mol. The molecule has 0 saturated heterocycles. The molecule has 0 fully saturated rings. The summed E-state index contributed by atoms with van der Waals surface area (Å²) in [5.41, 5.74) is 5.06. The van der Waals surface area contributed by atoms with E-state index < -0.39 is 0 Å². The molecule has 0 aliphatic rings. The van der Waals surface area contributed by atoms with Crippen molar-refractivity contribution >= 4 is 0 Å². The minimum absolute atomic E-state index is 0.0470. The number of pyridine rings is 1. The third-order valence-electron chi connectivity index (χ3n) is 2.86. The van der Waals surface area contributed by atoms with Gasteiger partial charge in [-0.05, 0) is 35.7 Å². The minimum Gasteiger partial charge on any atom is -0.497 e. The Morgan fingerprint density at radius 1 is 1.33 bits per heavy atom. The highest BCUT2D eigenvalue weighted by Crippen LogP contribution is 2.19. The fraction of sp³-hybridized carbons (Fsp3) is 0.214. The van der Waals surface area contributed by atoms with E-state index in [0.29, 0.717) is 0 Å². The Balaban J connectivity index is 2.15.